The molecule has 1 nitrogen and oxygen atoms in total. The van der Waals surface area contributed by atoms with E-state index in [2.05, 4.69) is 36.5 Å². The Bertz CT molecular complexity index is 546. The highest BCUT2D eigenvalue weighted by atomic mass is 32.1. The van der Waals surface area contributed by atoms with Gasteiger partial charge in [-0.1, -0.05) is 79.0 Å². The average Bonchev–Trinajstić information content (AvgIpc) is 2.47. The first-order chi connectivity index (χ1) is 9.25. The maximum absolute atomic E-state index is 5.33. The van der Waals surface area contributed by atoms with Gasteiger partial charge in [-0.3, -0.25) is 0 Å². The molecule has 1 N–H and O–H groups in total. The van der Waals surface area contributed by atoms with Gasteiger partial charge in [0.2, 0.25) is 0 Å². The molecule has 0 bridgehead atoms. The Morgan fingerprint density at radius 2 is 1.58 bits per heavy atom. The largest absolute Gasteiger partial charge is 0.370 e. The summed E-state index contributed by atoms with van der Waals surface area (Å²) in [5.41, 5.74) is 2.39. The molecule has 0 amide bonds. The van der Waals surface area contributed by atoms with E-state index in [1.54, 1.807) is 0 Å². The van der Waals surface area contributed by atoms with Gasteiger partial charge in [0, 0.05) is 6.04 Å². The van der Waals surface area contributed by atoms with E-state index in [1.165, 1.54) is 5.56 Å². The van der Waals surface area contributed by atoms with Crippen molar-refractivity contribution in [3.05, 3.63) is 77.9 Å². The zero-order chi connectivity index (χ0) is 13.5. The molecule has 1 atom stereocenters. The predicted molar refractivity (Wildman–Crippen MR) is 86.1 cm³/mol. The fourth-order valence-electron chi connectivity index (χ4n) is 1.82. The Labute approximate surface area is 120 Å². The Kier molecular flexibility index (Phi) is 4.87. The van der Waals surface area contributed by atoms with Crippen LogP contribution in [-0.2, 0) is 0 Å². The summed E-state index contributed by atoms with van der Waals surface area (Å²) < 4.78 is 0. The molecule has 0 aliphatic rings. The molecule has 2 aromatic rings. The SMILES string of the molecule is C[C@H](NC(=S)/C=C/c1ccccc1)c1ccccc1. The Balaban J connectivity index is 1.93. The van der Waals surface area contributed by atoms with Gasteiger partial charge in [0.05, 0.1) is 4.99 Å². The number of benzene rings is 2. The lowest BCUT2D eigenvalue weighted by Crippen LogP contribution is -2.23. The minimum atomic E-state index is 0.217. The molecule has 2 heteroatoms. The summed E-state index contributed by atoms with van der Waals surface area (Å²) in [6.07, 6.45) is 3.96. The number of hydrogen-bond acceptors (Lipinski definition) is 1. The summed E-state index contributed by atoms with van der Waals surface area (Å²) in [6, 6.07) is 20.7. The summed E-state index contributed by atoms with van der Waals surface area (Å²) in [7, 11) is 0. The van der Waals surface area contributed by atoms with Crippen LogP contribution in [0, 0.1) is 0 Å². The normalized spacial score (nSPS) is 12.3. The summed E-state index contributed by atoms with van der Waals surface area (Å²) in [4.78, 5) is 0.750. The van der Waals surface area contributed by atoms with E-state index in [-0.39, 0.29) is 6.04 Å². The van der Waals surface area contributed by atoms with Crippen molar-refractivity contribution in [2.75, 3.05) is 0 Å². The van der Waals surface area contributed by atoms with Crippen molar-refractivity contribution >= 4 is 23.3 Å². The third-order valence-electron chi connectivity index (χ3n) is 2.89. The molecule has 2 aromatic carbocycles. The molecule has 0 fully saturated rings. The van der Waals surface area contributed by atoms with Crippen molar-refractivity contribution in [2.24, 2.45) is 0 Å². The van der Waals surface area contributed by atoms with Gasteiger partial charge in [0.25, 0.3) is 0 Å². The molecular weight excluding hydrogens is 250 g/mol. The number of hydrogen-bond donors (Lipinski definition) is 1. The fourth-order valence-corrected chi connectivity index (χ4v) is 2.07. The molecule has 0 saturated heterocycles. The number of thiocarbonyl (C=S) groups is 1. The lowest BCUT2D eigenvalue weighted by molar-refractivity contribution is 0.726. The summed E-state index contributed by atoms with van der Waals surface area (Å²) >= 11 is 5.33. The lowest BCUT2D eigenvalue weighted by atomic mass is 10.1. The lowest BCUT2D eigenvalue weighted by Gasteiger charge is -2.14. The summed E-state index contributed by atoms with van der Waals surface area (Å²) in [5.74, 6) is 0. The molecule has 0 heterocycles. The van der Waals surface area contributed by atoms with Crippen LogP contribution >= 0.6 is 12.2 Å². The van der Waals surface area contributed by atoms with Crippen molar-refractivity contribution in [3.63, 3.8) is 0 Å². The molecule has 96 valence electrons. The van der Waals surface area contributed by atoms with Crippen LogP contribution < -0.4 is 5.32 Å². The van der Waals surface area contributed by atoms with Crippen LogP contribution in [0.2, 0.25) is 0 Å². The molecule has 0 aliphatic heterocycles. The van der Waals surface area contributed by atoms with Gasteiger partial charge in [-0.2, -0.15) is 0 Å². The quantitative estimate of drug-likeness (QED) is 0.652. The van der Waals surface area contributed by atoms with E-state index < -0.39 is 0 Å². The summed E-state index contributed by atoms with van der Waals surface area (Å²) in [6.45, 7) is 2.11. The van der Waals surface area contributed by atoms with E-state index in [4.69, 9.17) is 12.2 Å². The monoisotopic (exact) mass is 267 g/mol. The molecule has 0 radical (unpaired) electrons. The Morgan fingerprint density at radius 1 is 1.00 bits per heavy atom. The minimum Gasteiger partial charge on any atom is -0.370 e. The maximum Gasteiger partial charge on any atom is 0.0992 e. The third kappa shape index (κ3) is 4.34. The Hall–Kier alpha value is -1.93. The first kappa shape index (κ1) is 13.5. The molecule has 0 aromatic heterocycles. The molecule has 19 heavy (non-hydrogen) atoms. The van der Waals surface area contributed by atoms with E-state index in [0.717, 1.165) is 10.6 Å². The van der Waals surface area contributed by atoms with Crippen LogP contribution in [0.1, 0.15) is 24.1 Å². The van der Waals surface area contributed by atoms with E-state index in [1.807, 2.05) is 48.6 Å². The van der Waals surface area contributed by atoms with Gasteiger partial charge in [0.15, 0.2) is 0 Å². The number of nitrogens with one attached hydrogen (secondary N) is 1. The fraction of sp³-hybridized carbons (Fsp3) is 0.118. The van der Waals surface area contributed by atoms with Crippen molar-refractivity contribution in [1.82, 2.24) is 5.32 Å². The second kappa shape index (κ2) is 6.86. The van der Waals surface area contributed by atoms with Crippen molar-refractivity contribution in [1.29, 1.82) is 0 Å². The van der Waals surface area contributed by atoms with Gasteiger partial charge in [-0.25, -0.2) is 0 Å². The third-order valence-corrected chi connectivity index (χ3v) is 3.14. The highest BCUT2D eigenvalue weighted by Crippen LogP contribution is 2.11. The highest BCUT2D eigenvalue weighted by Gasteiger charge is 2.03. The van der Waals surface area contributed by atoms with Gasteiger partial charge in [-0.15, -0.1) is 0 Å². The topological polar surface area (TPSA) is 12.0 Å². The maximum atomic E-state index is 5.33. The van der Waals surface area contributed by atoms with E-state index >= 15 is 0 Å². The molecule has 0 saturated carbocycles. The first-order valence-electron chi connectivity index (χ1n) is 6.34. The van der Waals surface area contributed by atoms with Crippen molar-refractivity contribution in [3.8, 4) is 0 Å². The standard InChI is InChI=1S/C17H17NS/c1-14(16-10-6-3-7-11-16)18-17(19)13-12-15-8-4-2-5-9-15/h2-14H,1H3,(H,18,19)/b13-12+/t14-/m0/s1. The zero-order valence-corrected chi connectivity index (χ0v) is 11.7. The van der Waals surface area contributed by atoms with Crippen LogP contribution in [0.15, 0.2) is 66.7 Å². The molecular formula is C17H17NS. The van der Waals surface area contributed by atoms with Gasteiger partial charge in [-0.05, 0) is 24.1 Å². The van der Waals surface area contributed by atoms with Crippen LogP contribution in [0.4, 0.5) is 0 Å². The van der Waals surface area contributed by atoms with Crippen molar-refractivity contribution < 1.29 is 0 Å². The number of rotatable bonds is 4. The predicted octanol–water partition coefficient (Wildman–Crippen LogP) is 4.38. The van der Waals surface area contributed by atoms with Crippen LogP contribution in [0.3, 0.4) is 0 Å². The van der Waals surface area contributed by atoms with Gasteiger partial charge < -0.3 is 5.32 Å². The molecule has 0 spiro atoms. The van der Waals surface area contributed by atoms with Crippen molar-refractivity contribution in [2.45, 2.75) is 13.0 Å². The van der Waals surface area contributed by atoms with E-state index in [0.29, 0.717) is 0 Å². The Morgan fingerprint density at radius 3 is 2.21 bits per heavy atom. The average molecular weight is 267 g/mol. The van der Waals surface area contributed by atoms with Gasteiger partial charge in [0.1, 0.15) is 0 Å². The second-order valence-electron chi connectivity index (χ2n) is 4.38. The summed E-state index contributed by atoms with van der Waals surface area (Å²) in [5, 5.41) is 3.31. The smallest absolute Gasteiger partial charge is 0.0992 e. The van der Waals surface area contributed by atoms with Crippen LogP contribution in [0.5, 0.6) is 0 Å². The molecule has 2 rings (SSSR count). The minimum absolute atomic E-state index is 0.217. The molecule has 0 unspecified atom stereocenters. The van der Waals surface area contributed by atoms with Gasteiger partial charge >= 0.3 is 0 Å². The van der Waals surface area contributed by atoms with E-state index in [9.17, 15) is 0 Å². The molecule has 0 aliphatic carbocycles. The first-order valence-corrected chi connectivity index (χ1v) is 6.75. The zero-order valence-electron chi connectivity index (χ0n) is 10.9. The van der Waals surface area contributed by atoms with Crippen LogP contribution in [0.25, 0.3) is 6.08 Å². The highest BCUT2D eigenvalue weighted by molar-refractivity contribution is 7.80. The van der Waals surface area contributed by atoms with Crippen LogP contribution in [-0.4, -0.2) is 4.99 Å². The second-order valence-corrected chi connectivity index (χ2v) is 4.82.